The van der Waals surface area contributed by atoms with Crippen molar-refractivity contribution in [2.45, 2.75) is 10.8 Å². The molecule has 9 nitrogen and oxygen atoms in total. The quantitative estimate of drug-likeness (QED) is 0.247. The van der Waals surface area contributed by atoms with E-state index < -0.39 is 5.91 Å². The lowest BCUT2D eigenvalue weighted by Crippen LogP contribution is -2.27. The fraction of sp³-hybridized carbons (Fsp3) is 0.174. The van der Waals surface area contributed by atoms with Crippen LogP contribution in [0.15, 0.2) is 65.1 Å². The van der Waals surface area contributed by atoms with Gasteiger partial charge < -0.3 is 10.1 Å². The van der Waals surface area contributed by atoms with Crippen LogP contribution < -0.4 is 15.4 Å². The van der Waals surface area contributed by atoms with Gasteiger partial charge in [0.2, 0.25) is 11.0 Å². The number of anilines is 1. The number of amides is 2. The highest BCUT2D eigenvalue weighted by Gasteiger charge is 2.20. The Labute approximate surface area is 208 Å². The molecule has 0 spiro atoms. The average Bonchev–Trinajstić information content (AvgIpc) is 3.51. The molecule has 0 atom stereocenters. The molecule has 12 heteroatoms. The molecule has 2 heterocycles. The summed E-state index contributed by atoms with van der Waals surface area (Å²) < 4.78 is 20.4. The fourth-order valence-electron chi connectivity index (χ4n) is 3.04. The number of rotatable bonds is 10. The van der Waals surface area contributed by atoms with Crippen molar-refractivity contribution in [1.29, 1.82) is 0 Å². The Kier molecular flexibility index (Phi) is 8.06. The number of benzene rings is 2. The highest BCUT2D eigenvalue weighted by Crippen LogP contribution is 2.27. The predicted octanol–water partition coefficient (Wildman–Crippen LogP) is 3.57. The topological polar surface area (TPSA) is 111 Å². The number of thioether (sulfide) groups is 1. The lowest BCUT2D eigenvalue weighted by Gasteiger charge is -2.04. The second kappa shape index (κ2) is 11.6. The number of halogens is 1. The van der Waals surface area contributed by atoms with Crippen LogP contribution in [-0.2, 0) is 11.2 Å². The van der Waals surface area contributed by atoms with Gasteiger partial charge in [-0.25, -0.2) is 9.07 Å². The third-order valence-electron chi connectivity index (χ3n) is 4.74. The molecule has 0 saturated carbocycles. The van der Waals surface area contributed by atoms with Gasteiger partial charge in [-0.2, -0.15) is 5.10 Å². The molecule has 2 aromatic carbocycles. The molecule has 2 N–H and O–H groups in total. The predicted molar refractivity (Wildman–Crippen MR) is 132 cm³/mol. The van der Waals surface area contributed by atoms with Gasteiger partial charge in [-0.3, -0.25) is 14.9 Å². The highest BCUT2D eigenvalue weighted by molar-refractivity contribution is 8.01. The summed E-state index contributed by atoms with van der Waals surface area (Å²) in [4.78, 5) is 24.8. The molecule has 0 bridgehead atoms. The van der Waals surface area contributed by atoms with Gasteiger partial charge in [0.05, 0.1) is 24.7 Å². The minimum absolute atomic E-state index is 0.0408. The molecule has 0 radical (unpaired) electrons. The molecule has 0 saturated heterocycles. The van der Waals surface area contributed by atoms with E-state index in [2.05, 4.69) is 25.9 Å². The lowest BCUT2D eigenvalue weighted by atomic mass is 10.1. The second-order valence-corrected chi connectivity index (χ2v) is 9.37. The number of hydrogen-bond acceptors (Lipinski definition) is 8. The van der Waals surface area contributed by atoms with E-state index in [9.17, 15) is 14.0 Å². The number of aromatic nitrogens is 4. The summed E-state index contributed by atoms with van der Waals surface area (Å²) in [6.07, 6.45) is 2.28. The summed E-state index contributed by atoms with van der Waals surface area (Å²) in [5, 5.41) is 18.0. The number of nitrogens with zero attached hydrogens (tertiary/aromatic N) is 4. The van der Waals surface area contributed by atoms with Gasteiger partial charge in [-0.1, -0.05) is 53.4 Å². The van der Waals surface area contributed by atoms with Crippen LogP contribution in [0.3, 0.4) is 0 Å². The van der Waals surface area contributed by atoms with Crippen LogP contribution in [0.4, 0.5) is 9.52 Å². The highest BCUT2D eigenvalue weighted by atomic mass is 32.2. The maximum absolute atomic E-state index is 13.2. The molecular weight excluding hydrogens is 491 g/mol. The normalized spacial score (nSPS) is 10.7. The van der Waals surface area contributed by atoms with Crippen molar-refractivity contribution >= 4 is 40.0 Å². The van der Waals surface area contributed by atoms with E-state index in [1.165, 1.54) is 54.0 Å². The van der Waals surface area contributed by atoms with E-state index in [0.717, 1.165) is 23.3 Å². The first-order valence-corrected chi connectivity index (χ1v) is 12.3. The Morgan fingerprint density at radius 3 is 2.63 bits per heavy atom. The van der Waals surface area contributed by atoms with Gasteiger partial charge in [0, 0.05) is 6.54 Å². The molecule has 2 aromatic heterocycles. The molecule has 4 rings (SSSR count). The minimum atomic E-state index is -0.533. The van der Waals surface area contributed by atoms with E-state index in [4.69, 9.17) is 4.74 Å². The van der Waals surface area contributed by atoms with Gasteiger partial charge in [-0.05, 0) is 36.2 Å². The Balaban J connectivity index is 1.29. The van der Waals surface area contributed by atoms with E-state index in [-0.39, 0.29) is 34.1 Å². The van der Waals surface area contributed by atoms with Crippen molar-refractivity contribution in [2.24, 2.45) is 0 Å². The molecule has 0 aliphatic rings. The van der Waals surface area contributed by atoms with E-state index in [1.54, 1.807) is 0 Å². The van der Waals surface area contributed by atoms with Crippen LogP contribution in [0, 0.1) is 5.82 Å². The molecular formula is C23H21FN6O3S2. The molecule has 4 aromatic rings. The largest absolute Gasteiger partial charge is 0.493 e. The van der Waals surface area contributed by atoms with Crippen LogP contribution in [0.2, 0.25) is 0 Å². The van der Waals surface area contributed by atoms with Crippen molar-refractivity contribution < 1.29 is 18.7 Å². The molecule has 0 unspecified atom stereocenters. The van der Waals surface area contributed by atoms with Gasteiger partial charge in [0.15, 0.2) is 15.8 Å². The molecule has 180 valence electrons. The first kappa shape index (κ1) is 24.4. The van der Waals surface area contributed by atoms with Gasteiger partial charge >= 0.3 is 0 Å². The smallest absolute Gasteiger partial charge is 0.281 e. The van der Waals surface area contributed by atoms with Crippen molar-refractivity contribution in [1.82, 2.24) is 25.3 Å². The first-order valence-electron chi connectivity index (χ1n) is 10.5. The second-order valence-electron chi connectivity index (χ2n) is 7.17. The standard InChI is InChI=1S/C23H21FN6O3S2/c1-33-18-13-30(17-9-7-16(24)8-10-17)29-20(18)21(32)26-22-27-28-23(35-22)34-14-19(31)25-12-11-15-5-3-2-4-6-15/h2-10,13H,11-12,14H2,1H3,(H,25,31)(H,26,27,32). The number of hydrogen-bond donors (Lipinski definition) is 2. The van der Waals surface area contributed by atoms with Crippen LogP contribution in [0.1, 0.15) is 16.1 Å². The summed E-state index contributed by atoms with van der Waals surface area (Å²) in [5.41, 5.74) is 1.77. The summed E-state index contributed by atoms with van der Waals surface area (Å²) in [5.74, 6) is -0.580. The maximum atomic E-state index is 13.2. The fourth-order valence-corrected chi connectivity index (χ4v) is 4.61. The number of carbonyl (C=O) groups excluding carboxylic acids is 2. The zero-order valence-corrected chi connectivity index (χ0v) is 20.2. The third-order valence-corrected chi connectivity index (χ3v) is 6.71. The van der Waals surface area contributed by atoms with Crippen LogP contribution in [-0.4, -0.2) is 51.2 Å². The molecule has 2 amide bonds. The monoisotopic (exact) mass is 512 g/mol. The molecule has 0 fully saturated rings. The Hall–Kier alpha value is -3.77. The zero-order valence-electron chi connectivity index (χ0n) is 18.6. The Morgan fingerprint density at radius 1 is 1.11 bits per heavy atom. The Morgan fingerprint density at radius 2 is 1.89 bits per heavy atom. The van der Waals surface area contributed by atoms with Gasteiger partial charge in [-0.15, -0.1) is 10.2 Å². The van der Waals surface area contributed by atoms with Gasteiger partial charge in [0.25, 0.3) is 5.91 Å². The van der Waals surface area contributed by atoms with Crippen molar-refractivity contribution in [3.63, 3.8) is 0 Å². The van der Waals surface area contributed by atoms with E-state index in [0.29, 0.717) is 16.6 Å². The van der Waals surface area contributed by atoms with Crippen LogP contribution in [0.5, 0.6) is 5.75 Å². The number of methoxy groups -OCH3 is 1. The minimum Gasteiger partial charge on any atom is -0.493 e. The van der Waals surface area contributed by atoms with Crippen molar-refractivity contribution in [3.8, 4) is 11.4 Å². The molecule has 35 heavy (non-hydrogen) atoms. The van der Waals surface area contributed by atoms with Crippen molar-refractivity contribution in [3.05, 3.63) is 77.9 Å². The number of carbonyl (C=O) groups is 2. The summed E-state index contributed by atoms with van der Waals surface area (Å²) >= 11 is 2.38. The molecule has 0 aliphatic heterocycles. The number of nitrogens with one attached hydrogen (secondary N) is 2. The summed E-state index contributed by atoms with van der Waals surface area (Å²) in [6.45, 7) is 0.549. The SMILES string of the molecule is COc1cn(-c2ccc(F)cc2)nc1C(=O)Nc1nnc(SCC(=O)NCCc2ccccc2)s1. The number of ether oxygens (including phenoxy) is 1. The maximum Gasteiger partial charge on any atom is 0.281 e. The third kappa shape index (κ3) is 6.64. The van der Waals surface area contributed by atoms with Crippen molar-refractivity contribution in [2.75, 3.05) is 24.7 Å². The van der Waals surface area contributed by atoms with Crippen LogP contribution >= 0.6 is 23.1 Å². The van der Waals surface area contributed by atoms with E-state index in [1.807, 2.05) is 30.3 Å². The van der Waals surface area contributed by atoms with Crippen LogP contribution in [0.25, 0.3) is 5.69 Å². The lowest BCUT2D eigenvalue weighted by molar-refractivity contribution is -0.118. The first-order chi connectivity index (χ1) is 17.0. The molecule has 0 aliphatic carbocycles. The summed E-state index contributed by atoms with van der Waals surface area (Å²) in [6, 6.07) is 15.6. The summed E-state index contributed by atoms with van der Waals surface area (Å²) in [7, 11) is 1.42. The zero-order chi connectivity index (χ0) is 24.6. The van der Waals surface area contributed by atoms with Gasteiger partial charge in [0.1, 0.15) is 5.82 Å². The Bertz CT molecular complexity index is 1290. The average molecular weight is 513 g/mol. The van der Waals surface area contributed by atoms with E-state index >= 15 is 0 Å².